The molecule has 0 saturated carbocycles. The lowest BCUT2D eigenvalue weighted by Gasteiger charge is -2.08. The third-order valence-corrected chi connectivity index (χ3v) is 6.54. The van der Waals surface area contributed by atoms with Crippen LogP contribution < -0.4 is 5.32 Å². The molecule has 1 amide bonds. The number of rotatable bonds is 4. The lowest BCUT2D eigenvalue weighted by atomic mass is 10.1. The van der Waals surface area contributed by atoms with Crippen molar-refractivity contribution in [1.82, 2.24) is 5.32 Å². The van der Waals surface area contributed by atoms with Crippen LogP contribution in [-0.4, -0.2) is 11.6 Å². The van der Waals surface area contributed by atoms with Crippen molar-refractivity contribution in [2.45, 2.75) is 29.7 Å². The van der Waals surface area contributed by atoms with Crippen LogP contribution in [0.25, 0.3) is 0 Å². The molecule has 1 aliphatic rings. The van der Waals surface area contributed by atoms with Crippen molar-refractivity contribution in [1.29, 1.82) is 0 Å². The van der Waals surface area contributed by atoms with Crippen molar-refractivity contribution in [3.63, 3.8) is 0 Å². The lowest BCUT2D eigenvalue weighted by molar-refractivity contribution is 0.0951. The molecule has 1 N–H and O–H groups in total. The van der Waals surface area contributed by atoms with E-state index in [0.717, 1.165) is 38.1 Å². The number of carbonyl (C=O) groups is 1. The molecule has 0 fully saturated rings. The number of aliphatic imine (C=N–C) groups is 1. The van der Waals surface area contributed by atoms with Gasteiger partial charge in [0, 0.05) is 36.5 Å². The number of fused-ring (bicyclic) bond motifs is 2. The van der Waals surface area contributed by atoms with Crippen molar-refractivity contribution in [2.75, 3.05) is 0 Å². The number of nitrogens with one attached hydrogen (secondary N) is 1. The third-order valence-electron chi connectivity index (χ3n) is 4.29. The first-order valence-corrected chi connectivity index (χ1v) is 10.7. The Morgan fingerprint density at radius 3 is 2.78 bits per heavy atom. The normalized spacial score (nSPS) is 12.6. The molecule has 4 rings (SSSR count). The van der Waals surface area contributed by atoms with Crippen LogP contribution in [-0.2, 0) is 6.54 Å². The zero-order valence-electron chi connectivity index (χ0n) is 14.7. The maximum Gasteiger partial charge on any atom is 0.251 e. The van der Waals surface area contributed by atoms with Crippen LogP contribution in [0.2, 0.25) is 5.02 Å². The number of halogens is 1. The van der Waals surface area contributed by atoms with Gasteiger partial charge in [-0.05, 0) is 54.3 Å². The Bertz CT molecular complexity index is 1030. The molecule has 27 heavy (non-hydrogen) atoms. The van der Waals surface area contributed by atoms with Crippen LogP contribution in [0.3, 0.4) is 0 Å². The van der Waals surface area contributed by atoms with Gasteiger partial charge in [0.25, 0.3) is 5.91 Å². The topological polar surface area (TPSA) is 41.5 Å². The molecule has 0 unspecified atom stereocenters. The van der Waals surface area contributed by atoms with E-state index in [1.807, 2.05) is 53.9 Å². The molecule has 0 atom stereocenters. The van der Waals surface area contributed by atoms with Crippen LogP contribution in [0.4, 0.5) is 5.69 Å². The summed E-state index contributed by atoms with van der Waals surface area (Å²) in [6, 6.07) is 15.6. The quantitative estimate of drug-likeness (QED) is 0.544. The Balaban J connectivity index is 1.64. The van der Waals surface area contributed by atoms with Gasteiger partial charge in [-0.15, -0.1) is 11.3 Å². The molecule has 136 valence electrons. The zero-order chi connectivity index (χ0) is 18.8. The first-order chi connectivity index (χ1) is 13.1. The van der Waals surface area contributed by atoms with Gasteiger partial charge < -0.3 is 5.32 Å². The molecule has 1 aliphatic heterocycles. The second-order valence-electron chi connectivity index (χ2n) is 6.10. The van der Waals surface area contributed by atoms with Crippen LogP contribution in [0, 0.1) is 0 Å². The number of benzene rings is 2. The first-order valence-electron chi connectivity index (χ1n) is 8.64. The number of carbonyl (C=O) groups excluding carboxylic acids is 1. The van der Waals surface area contributed by atoms with E-state index in [0.29, 0.717) is 17.1 Å². The summed E-state index contributed by atoms with van der Waals surface area (Å²) in [5.41, 5.74) is 3.49. The minimum absolute atomic E-state index is 0.0887. The van der Waals surface area contributed by atoms with Gasteiger partial charge in [0.2, 0.25) is 0 Å². The Morgan fingerprint density at radius 1 is 1.15 bits per heavy atom. The van der Waals surface area contributed by atoms with E-state index in [2.05, 4.69) is 12.2 Å². The average molecular weight is 413 g/mol. The summed E-state index contributed by atoms with van der Waals surface area (Å²) < 4.78 is 0. The van der Waals surface area contributed by atoms with Crippen LogP contribution >= 0.6 is 34.7 Å². The molecular weight excluding hydrogens is 396 g/mol. The molecule has 1 aromatic heterocycles. The summed E-state index contributed by atoms with van der Waals surface area (Å²) >= 11 is 9.48. The van der Waals surface area contributed by atoms with E-state index < -0.39 is 0 Å². The molecule has 0 spiro atoms. The van der Waals surface area contributed by atoms with Gasteiger partial charge >= 0.3 is 0 Å². The number of hydrogen-bond donors (Lipinski definition) is 1. The summed E-state index contributed by atoms with van der Waals surface area (Å²) in [5.74, 6) is -0.0887. The van der Waals surface area contributed by atoms with Crippen LogP contribution in [0.1, 0.15) is 34.1 Å². The number of amides is 1. The van der Waals surface area contributed by atoms with Crippen molar-refractivity contribution in [2.24, 2.45) is 4.99 Å². The minimum atomic E-state index is -0.0887. The second-order valence-corrected chi connectivity index (χ2v) is 8.65. The molecular formula is C21H17ClN2OS2. The smallest absolute Gasteiger partial charge is 0.251 e. The van der Waals surface area contributed by atoms with E-state index in [1.54, 1.807) is 23.1 Å². The summed E-state index contributed by atoms with van der Waals surface area (Å²) in [4.78, 5) is 20.7. The molecule has 0 aliphatic carbocycles. The Morgan fingerprint density at radius 2 is 2.00 bits per heavy atom. The van der Waals surface area contributed by atoms with Gasteiger partial charge in [-0.3, -0.25) is 9.79 Å². The molecule has 0 radical (unpaired) electrons. The average Bonchev–Trinajstić information content (AvgIpc) is 3.14. The third kappa shape index (κ3) is 3.95. The Kier molecular flexibility index (Phi) is 5.34. The van der Waals surface area contributed by atoms with E-state index in [9.17, 15) is 4.79 Å². The summed E-state index contributed by atoms with van der Waals surface area (Å²) in [6.07, 6.45) is 0.794. The number of hydrogen-bond acceptors (Lipinski definition) is 4. The molecule has 6 heteroatoms. The van der Waals surface area contributed by atoms with Gasteiger partial charge in [0.05, 0.1) is 12.2 Å². The van der Waals surface area contributed by atoms with Crippen molar-refractivity contribution < 1.29 is 4.79 Å². The molecule has 2 heterocycles. The molecule has 0 saturated heterocycles. The second kappa shape index (κ2) is 7.89. The largest absolute Gasteiger partial charge is 0.347 e. The van der Waals surface area contributed by atoms with E-state index in [-0.39, 0.29) is 5.91 Å². The van der Waals surface area contributed by atoms with E-state index in [1.165, 1.54) is 0 Å². The molecule has 2 aromatic carbocycles. The number of nitrogens with zero attached hydrogens (tertiary/aromatic N) is 1. The van der Waals surface area contributed by atoms with Crippen LogP contribution in [0.15, 0.2) is 68.7 Å². The molecule has 3 nitrogen and oxygen atoms in total. The fourth-order valence-corrected chi connectivity index (χ4v) is 4.75. The van der Waals surface area contributed by atoms with Gasteiger partial charge in [-0.1, -0.05) is 36.4 Å². The Labute approximate surface area is 171 Å². The monoisotopic (exact) mass is 412 g/mol. The summed E-state index contributed by atoms with van der Waals surface area (Å²) in [5, 5.41) is 5.68. The highest BCUT2D eigenvalue weighted by Gasteiger charge is 2.18. The summed E-state index contributed by atoms with van der Waals surface area (Å²) in [7, 11) is 0. The highest BCUT2D eigenvalue weighted by molar-refractivity contribution is 7.99. The fourth-order valence-electron chi connectivity index (χ4n) is 2.93. The van der Waals surface area contributed by atoms with Gasteiger partial charge in [-0.2, -0.15) is 0 Å². The first kappa shape index (κ1) is 18.3. The minimum Gasteiger partial charge on any atom is -0.347 e. The van der Waals surface area contributed by atoms with Gasteiger partial charge in [-0.25, -0.2) is 0 Å². The SMILES string of the molecule is CCC1=Nc2cc(C(=O)NCc3cccs3)ccc2Sc2ccc(Cl)cc21. The fraction of sp³-hybridized carbons (Fsp3) is 0.143. The van der Waals surface area contributed by atoms with Gasteiger partial charge in [0.1, 0.15) is 0 Å². The summed E-state index contributed by atoms with van der Waals surface area (Å²) in [6.45, 7) is 2.62. The number of thiophene rings is 1. The highest BCUT2D eigenvalue weighted by atomic mass is 35.5. The van der Waals surface area contributed by atoms with Crippen LogP contribution in [0.5, 0.6) is 0 Å². The maximum atomic E-state index is 12.5. The Hall–Kier alpha value is -2.08. The van der Waals surface area contributed by atoms with E-state index in [4.69, 9.17) is 16.6 Å². The maximum absolute atomic E-state index is 12.5. The van der Waals surface area contributed by atoms with Crippen molar-refractivity contribution >= 4 is 52.0 Å². The standard InChI is InChI=1S/C21H17ClN2OS2/c1-2-17-16-11-14(22)6-8-19(16)27-20-7-5-13(10-18(20)24-17)21(25)23-12-15-4-3-9-26-15/h3-11H,2,12H2,1H3,(H,23,25). The molecule has 0 bridgehead atoms. The highest BCUT2D eigenvalue weighted by Crippen LogP contribution is 2.41. The lowest BCUT2D eigenvalue weighted by Crippen LogP contribution is -2.22. The molecule has 3 aromatic rings. The predicted octanol–water partition coefficient (Wildman–Crippen LogP) is 6.33. The van der Waals surface area contributed by atoms with E-state index >= 15 is 0 Å². The van der Waals surface area contributed by atoms with Crippen molar-refractivity contribution in [3.05, 3.63) is 74.9 Å². The predicted molar refractivity (Wildman–Crippen MR) is 114 cm³/mol. The zero-order valence-corrected chi connectivity index (χ0v) is 17.0. The van der Waals surface area contributed by atoms with Gasteiger partial charge in [0.15, 0.2) is 0 Å². The van der Waals surface area contributed by atoms with Crippen molar-refractivity contribution in [3.8, 4) is 0 Å².